The molecule has 0 atom stereocenters. The van der Waals surface area contributed by atoms with Gasteiger partial charge in [0.05, 0.1) is 18.5 Å². The minimum absolute atomic E-state index is 0.742. The highest BCUT2D eigenvalue weighted by molar-refractivity contribution is 5.73. The zero-order valence-electron chi connectivity index (χ0n) is 11.4. The average Bonchev–Trinajstić information content (AvgIpc) is 2.56. The van der Waals surface area contributed by atoms with E-state index in [2.05, 4.69) is 29.0 Å². The maximum Gasteiger partial charge on any atom is 0.121 e. The fraction of sp³-hybridized carbons (Fsp3) is 0.571. The predicted octanol–water partition coefficient (Wildman–Crippen LogP) is 1.69. The van der Waals surface area contributed by atoms with E-state index in [1.165, 1.54) is 17.8 Å². The Morgan fingerprint density at radius 3 is 2.83 bits per heavy atom. The van der Waals surface area contributed by atoms with Gasteiger partial charge in [0.1, 0.15) is 5.75 Å². The van der Waals surface area contributed by atoms with E-state index in [1.807, 2.05) is 6.07 Å². The predicted molar refractivity (Wildman–Crippen MR) is 76.8 cm³/mol. The minimum atomic E-state index is 0.742. The quantitative estimate of drug-likeness (QED) is 0.881. The lowest BCUT2D eigenvalue weighted by Gasteiger charge is -2.26. The minimum Gasteiger partial charge on any atom is -0.497 e. The number of rotatable bonds is 4. The first-order valence-corrected chi connectivity index (χ1v) is 6.60. The first-order chi connectivity index (χ1) is 8.76. The van der Waals surface area contributed by atoms with Gasteiger partial charge in [-0.1, -0.05) is 0 Å². The molecule has 100 valence electrons. The summed E-state index contributed by atoms with van der Waals surface area (Å²) in [6.45, 7) is 3.94. The van der Waals surface area contributed by atoms with Gasteiger partial charge in [-0.05, 0) is 31.5 Å². The van der Waals surface area contributed by atoms with Crippen LogP contribution in [0.1, 0.15) is 12.8 Å². The molecule has 0 aromatic heterocycles. The monoisotopic (exact) mass is 249 g/mol. The van der Waals surface area contributed by atoms with Crippen molar-refractivity contribution in [1.82, 2.24) is 0 Å². The molecule has 4 heteroatoms. The Balaban J connectivity index is 2.32. The Bertz CT molecular complexity index is 395. The third-order valence-electron chi connectivity index (χ3n) is 3.49. The molecule has 2 N–H and O–H groups in total. The molecule has 0 fully saturated rings. The Hall–Kier alpha value is -1.42. The van der Waals surface area contributed by atoms with E-state index in [1.54, 1.807) is 7.11 Å². The van der Waals surface area contributed by atoms with Crippen LogP contribution in [0.25, 0.3) is 0 Å². The van der Waals surface area contributed by atoms with Crippen LogP contribution in [0.3, 0.4) is 0 Å². The van der Waals surface area contributed by atoms with Crippen LogP contribution in [-0.2, 0) is 0 Å². The molecule has 1 aliphatic rings. The number of methoxy groups -OCH3 is 1. The fourth-order valence-corrected chi connectivity index (χ4v) is 2.46. The fourth-order valence-electron chi connectivity index (χ4n) is 2.46. The lowest BCUT2D eigenvalue weighted by Crippen LogP contribution is -2.26. The summed E-state index contributed by atoms with van der Waals surface area (Å²) in [5.41, 5.74) is 8.18. The van der Waals surface area contributed by atoms with Gasteiger partial charge in [0, 0.05) is 32.7 Å². The number of hydrogen-bond donors (Lipinski definition) is 1. The summed E-state index contributed by atoms with van der Waals surface area (Å²) in [5.74, 6) is 0.918. The molecule has 0 saturated carbocycles. The molecule has 0 spiro atoms. The van der Waals surface area contributed by atoms with Crippen molar-refractivity contribution in [3.8, 4) is 5.75 Å². The van der Waals surface area contributed by atoms with Gasteiger partial charge in [0.25, 0.3) is 0 Å². The van der Waals surface area contributed by atoms with Gasteiger partial charge in [-0.2, -0.15) is 0 Å². The van der Waals surface area contributed by atoms with Crippen LogP contribution in [0.2, 0.25) is 0 Å². The highest BCUT2D eigenvalue weighted by atomic mass is 16.5. The summed E-state index contributed by atoms with van der Waals surface area (Å²) in [6, 6.07) is 6.31. The van der Waals surface area contributed by atoms with Crippen LogP contribution < -0.4 is 20.3 Å². The molecule has 4 nitrogen and oxygen atoms in total. The molecule has 0 amide bonds. The molecular weight excluding hydrogens is 226 g/mol. The summed E-state index contributed by atoms with van der Waals surface area (Å²) >= 11 is 0. The lowest BCUT2D eigenvalue weighted by molar-refractivity contribution is 0.415. The summed E-state index contributed by atoms with van der Waals surface area (Å²) in [4.78, 5) is 4.74. The summed E-state index contributed by atoms with van der Waals surface area (Å²) in [5, 5.41) is 0. The second-order valence-electron chi connectivity index (χ2n) is 4.76. The zero-order valence-corrected chi connectivity index (χ0v) is 11.4. The smallest absolute Gasteiger partial charge is 0.121 e. The van der Waals surface area contributed by atoms with E-state index in [-0.39, 0.29) is 0 Å². The van der Waals surface area contributed by atoms with Crippen LogP contribution in [0.4, 0.5) is 11.4 Å². The zero-order chi connectivity index (χ0) is 13.0. The molecule has 0 radical (unpaired) electrons. The Morgan fingerprint density at radius 2 is 2.11 bits per heavy atom. The van der Waals surface area contributed by atoms with E-state index in [0.29, 0.717) is 0 Å². The molecule has 1 aromatic carbocycles. The first kappa shape index (κ1) is 13.0. The number of anilines is 2. The van der Waals surface area contributed by atoms with E-state index in [4.69, 9.17) is 10.5 Å². The Kier molecular flexibility index (Phi) is 4.31. The summed E-state index contributed by atoms with van der Waals surface area (Å²) < 4.78 is 5.34. The third-order valence-corrected chi connectivity index (χ3v) is 3.49. The number of nitrogens with zero attached hydrogens (tertiary/aromatic N) is 2. The molecule has 1 heterocycles. The van der Waals surface area contributed by atoms with E-state index >= 15 is 0 Å². The van der Waals surface area contributed by atoms with Crippen molar-refractivity contribution in [3.63, 3.8) is 0 Å². The second kappa shape index (κ2) is 5.96. The van der Waals surface area contributed by atoms with E-state index < -0.39 is 0 Å². The van der Waals surface area contributed by atoms with Gasteiger partial charge in [-0.25, -0.2) is 0 Å². The summed E-state index contributed by atoms with van der Waals surface area (Å²) in [7, 11) is 3.87. The van der Waals surface area contributed by atoms with Crippen LogP contribution in [0.5, 0.6) is 5.75 Å². The third kappa shape index (κ3) is 2.70. The molecule has 0 aliphatic carbocycles. The van der Waals surface area contributed by atoms with E-state index in [0.717, 1.165) is 38.3 Å². The molecule has 1 aromatic rings. The van der Waals surface area contributed by atoms with E-state index in [9.17, 15) is 0 Å². The van der Waals surface area contributed by atoms with Crippen molar-refractivity contribution >= 4 is 11.4 Å². The summed E-state index contributed by atoms with van der Waals surface area (Å²) in [6.07, 6.45) is 2.21. The molecule has 0 saturated heterocycles. The molecule has 0 unspecified atom stereocenters. The van der Waals surface area contributed by atoms with Crippen molar-refractivity contribution in [2.45, 2.75) is 12.8 Å². The lowest BCUT2D eigenvalue weighted by atomic mass is 10.2. The number of nitrogens with two attached hydrogens (primary N) is 1. The number of ether oxygens (including phenoxy) is 1. The molecule has 18 heavy (non-hydrogen) atoms. The van der Waals surface area contributed by atoms with Crippen molar-refractivity contribution < 1.29 is 4.74 Å². The number of fused-ring (bicyclic) bond motifs is 1. The normalized spacial score (nSPS) is 15.3. The maximum absolute atomic E-state index is 5.63. The topological polar surface area (TPSA) is 41.7 Å². The van der Waals surface area contributed by atoms with Gasteiger partial charge in [0.2, 0.25) is 0 Å². The number of benzene rings is 1. The van der Waals surface area contributed by atoms with Crippen LogP contribution >= 0.6 is 0 Å². The second-order valence-corrected chi connectivity index (χ2v) is 4.76. The average molecular weight is 249 g/mol. The molecule has 2 rings (SSSR count). The highest BCUT2D eigenvalue weighted by Crippen LogP contribution is 2.34. The van der Waals surface area contributed by atoms with Gasteiger partial charge in [-0.3, -0.25) is 0 Å². The van der Waals surface area contributed by atoms with Crippen molar-refractivity contribution in [3.05, 3.63) is 18.2 Å². The number of hydrogen-bond acceptors (Lipinski definition) is 4. The van der Waals surface area contributed by atoms with Crippen LogP contribution in [0, 0.1) is 0 Å². The molecular formula is C14H23N3O. The highest BCUT2D eigenvalue weighted by Gasteiger charge is 2.18. The standard InChI is InChI=1S/C14H23N3O/c1-16-8-4-10-17(9-3-7-15)14-11-12(18-2)5-6-13(14)16/h5-6,11H,3-4,7-10,15H2,1-2H3. The van der Waals surface area contributed by atoms with Gasteiger partial charge in [-0.15, -0.1) is 0 Å². The maximum atomic E-state index is 5.63. The van der Waals surface area contributed by atoms with Gasteiger partial charge in [0.15, 0.2) is 0 Å². The first-order valence-electron chi connectivity index (χ1n) is 6.60. The van der Waals surface area contributed by atoms with Crippen molar-refractivity contribution in [2.75, 3.05) is 50.1 Å². The molecule has 1 aliphatic heterocycles. The van der Waals surface area contributed by atoms with Crippen LogP contribution in [0.15, 0.2) is 18.2 Å². The van der Waals surface area contributed by atoms with Crippen molar-refractivity contribution in [2.24, 2.45) is 5.73 Å². The largest absolute Gasteiger partial charge is 0.497 e. The SMILES string of the molecule is COc1ccc2c(c1)N(CCCN)CCCN2C. The molecule has 0 bridgehead atoms. The Labute approximate surface area is 109 Å². The van der Waals surface area contributed by atoms with Crippen LogP contribution in [-0.4, -0.2) is 40.3 Å². The van der Waals surface area contributed by atoms with Crippen molar-refractivity contribution in [1.29, 1.82) is 0 Å². The van der Waals surface area contributed by atoms with Gasteiger partial charge >= 0.3 is 0 Å². The Morgan fingerprint density at radius 1 is 1.28 bits per heavy atom. The van der Waals surface area contributed by atoms with Gasteiger partial charge < -0.3 is 20.3 Å².